The van der Waals surface area contributed by atoms with Gasteiger partial charge in [0.25, 0.3) is 0 Å². The van der Waals surface area contributed by atoms with E-state index in [0.717, 1.165) is 32.3 Å². The van der Waals surface area contributed by atoms with Crippen molar-refractivity contribution in [3.05, 3.63) is 34.6 Å². The summed E-state index contributed by atoms with van der Waals surface area (Å²) in [6.45, 7) is 0.855. The molecule has 0 spiro atoms. The van der Waals surface area contributed by atoms with Gasteiger partial charge < -0.3 is 4.74 Å². The number of nitrogens with two attached hydrogens (primary N) is 1. The summed E-state index contributed by atoms with van der Waals surface area (Å²) < 4.78 is 19.4. The molecule has 1 aromatic rings. The Balaban J connectivity index is 1.86. The van der Waals surface area contributed by atoms with Gasteiger partial charge >= 0.3 is 0 Å². The first kappa shape index (κ1) is 15.7. The molecule has 1 heterocycles. The fourth-order valence-corrected chi connectivity index (χ4v) is 2.83. The highest BCUT2D eigenvalue weighted by Crippen LogP contribution is 2.20. The van der Waals surface area contributed by atoms with Crippen LogP contribution in [0.4, 0.5) is 4.39 Å². The van der Waals surface area contributed by atoms with Crippen molar-refractivity contribution in [2.75, 3.05) is 6.61 Å². The number of halogens is 2. The lowest BCUT2D eigenvalue weighted by Gasteiger charge is -2.24. The van der Waals surface area contributed by atoms with Gasteiger partial charge in [0.15, 0.2) is 0 Å². The van der Waals surface area contributed by atoms with Gasteiger partial charge in [0.2, 0.25) is 0 Å². The van der Waals surface area contributed by atoms with E-state index in [1.54, 1.807) is 12.1 Å². The smallest absolute Gasteiger partial charge is 0.126 e. The molecule has 2 rings (SSSR count). The van der Waals surface area contributed by atoms with Gasteiger partial charge in [-0.05, 0) is 62.3 Å². The second kappa shape index (κ2) is 7.93. The molecule has 1 aromatic carbocycles. The van der Waals surface area contributed by atoms with Crippen molar-refractivity contribution in [3.63, 3.8) is 0 Å². The third kappa shape index (κ3) is 4.70. The third-order valence-electron chi connectivity index (χ3n) is 3.82. The summed E-state index contributed by atoms with van der Waals surface area (Å²) in [7, 11) is 0. The molecular weight excluding hydrogens is 279 g/mol. The summed E-state index contributed by atoms with van der Waals surface area (Å²) in [5, 5.41) is 0.549. The molecule has 2 unspecified atom stereocenters. The highest BCUT2D eigenvalue weighted by molar-refractivity contribution is 6.30. The predicted octanol–water partition coefficient (Wildman–Crippen LogP) is 3.20. The van der Waals surface area contributed by atoms with Gasteiger partial charge in [-0.3, -0.25) is 11.3 Å². The number of nitrogens with one attached hydrogen (secondary N) is 1. The number of hydrazine groups is 1. The van der Waals surface area contributed by atoms with Crippen molar-refractivity contribution in [2.45, 2.75) is 50.7 Å². The average Bonchev–Trinajstić information content (AvgIpc) is 2.48. The van der Waals surface area contributed by atoms with E-state index in [0.29, 0.717) is 23.1 Å². The number of hydrogen-bond donors (Lipinski definition) is 2. The molecule has 5 heteroatoms. The van der Waals surface area contributed by atoms with Crippen LogP contribution in [0.3, 0.4) is 0 Å². The maximum atomic E-state index is 13.7. The van der Waals surface area contributed by atoms with Crippen LogP contribution in [0.5, 0.6) is 0 Å². The highest BCUT2D eigenvalue weighted by Gasteiger charge is 2.17. The topological polar surface area (TPSA) is 47.3 Å². The molecule has 0 saturated carbocycles. The van der Waals surface area contributed by atoms with Crippen LogP contribution in [0, 0.1) is 5.82 Å². The first-order valence-corrected chi connectivity index (χ1v) is 7.58. The zero-order chi connectivity index (χ0) is 14.4. The Labute approximate surface area is 124 Å². The summed E-state index contributed by atoms with van der Waals surface area (Å²) in [5.74, 6) is 5.35. The van der Waals surface area contributed by atoms with E-state index in [-0.39, 0.29) is 11.9 Å². The van der Waals surface area contributed by atoms with Crippen LogP contribution in [0.1, 0.15) is 37.7 Å². The van der Waals surface area contributed by atoms with Gasteiger partial charge in [-0.2, -0.15) is 0 Å². The molecule has 0 amide bonds. The van der Waals surface area contributed by atoms with Crippen LogP contribution in [-0.2, 0) is 11.2 Å². The largest absolute Gasteiger partial charge is 0.378 e. The molecule has 0 radical (unpaired) electrons. The minimum atomic E-state index is -0.233. The van der Waals surface area contributed by atoms with Gasteiger partial charge in [0.1, 0.15) is 5.82 Å². The van der Waals surface area contributed by atoms with E-state index < -0.39 is 0 Å². The van der Waals surface area contributed by atoms with Crippen molar-refractivity contribution in [1.29, 1.82) is 0 Å². The lowest BCUT2D eigenvalue weighted by Crippen LogP contribution is -2.38. The molecule has 1 saturated heterocycles. The van der Waals surface area contributed by atoms with Gasteiger partial charge in [-0.1, -0.05) is 11.6 Å². The van der Waals surface area contributed by atoms with Crippen LogP contribution in [0.25, 0.3) is 0 Å². The monoisotopic (exact) mass is 300 g/mol. The first-order chi connectivity index (χ1) is 9.69. The SMILES string of the molecule is NNC(CCC1CCCCO1)Cc1cc(Cl)ccc1F. The van der Waals surface area contributed by atoms with Crippen molar-refractivity contribution in [3.8, 4) is 0 Å². The van der Waals surface area contributed by atoms with Gasteiger partial charge in [0.05, 0.1) is 6.10 Å². The molecule has 1 aliphatic rings. The Hall–Kier alpha value is -0.680. The minimum absolute atomic E-state index is 0.0356. The van der Waals surface area contributed by atoms with E-state index in [1.165, 1.54) is 12.5 Å². The summed E-state index contributed by atoms with van der Waals surface area (Å²) >= 11 is 5.90. The Morgan fingerprint density at radius 1 is 1.45 bits per heavy atom. The molecule has 112 valence electrons. The Morgan fingerprint density at radius 2 is 2.30 bits per heavy atom. The van der Waals surface area contributed by atoms with Crippen molar-refractivity contribution in [2.24, 2.45) is 5.84 Å². The maximum absolute atomic E-state index is 13.7. The fourth-order valence-electron chi connectivity index (χ4n) is 2.63. The summed E-state index contributed by atoms with van der Waals surface area (Å²) in [6.07, 6.45) is 6.18. The first-order valence-electron chi connectivity index (χ1n) is 7.20. The Bertz CT molecular complexity index is 424. The normalized spacial score (nSPS) is 20.9. The minimum Gasteiger partial charge on any atom is -0.378 e. The van der Waals surface area contributed by atoms with Crippen LogP contribution in [0.15, 0.2) is 18.2 Å². The summed E-state index contributed by atoms with van der Waals surface area (Å²) in [6, 6.07) is 4.66. The van der Waals surface area contributed by atoms with Crippen LogP contribution in [-0.4, -0.2) is 18.8 Å². The zero-order valence-electron chi connectivity index (χ0n) is 11.6. The molecular formula is C15H22ClFN2O. The Morgan fingerprint density at radius 3 is 3.00 bits per heavy atom. The molecule has 1 fully saturated rings. The number of ether oxygens (including phenoxy) is 1. The van der Waals surface area contributed by atoms with E-state index in [4.69, 9.17) is 22.2 Å². The van der Waals surface area contributed by atoms with Crippen LogP contribution in [0.2, 0.25) is 5.02 Å². The quantitative estimate of drug-likeness (QED) is 0.626. The Kier molecular flexibility index (Phi) is 6.23. The highest BCUT2D eigenvalue weighted by atomic mass is 35.5. The second-order valence-electron chi connectivity index (χ2n) is 5.37. The standard InChI is InChI=1S/C15H22ClFN2O/c16-12-4-7-15(17)11(9-12)10-13(19-18)5-6-14-3-1-2-8-20-14/h4,7,9,13-14,19H,1-3,5-6,8,10,18H2. The predicted molar refractivity (Wildman–Crippen MR) is 79.1 cm³/mol. The fraction of sp³-hybridized carbons (Fsp3) is 0.600. The van der Waals surface area contributed by atoms with Crippen molar-refractivity contribution >= 4 is 11.6 Å². The second-order valence-corrected chi connectivity index (χ2v) is 5.81. The molecule has 0 bridgehead atoms. The van der Waals surface area contributed by atoms with Gasteiger partial charge in [-0.15, -0.1) is 0 Å². The van der Waals surface area contributed by atoms with Gasteiger partial charge in [0, 0.05) is 17.7 Å². The van der Waals surface area contributed by atoms with Crippen LogP contribution < -0.4 is 11.3 Å². The van der Waals surface area contributed by atoms with Crippen molar-refractivity contribution < 1.29 is 9.13 Å². The zero-order valence-corrected chi connectivity index (χ0v) is 12.3. The van der Waals surface area contributed by atoms with E-state index >= 15 is 0 Å². The van der Waals surface area contributed by atoms with E-state index in [2.05, 4.69) is 5.43 Å². The van der Waals surface area contributed by atoms with Gasteiger partial charge in [-0.25, -0.2) is 4.39 Å². The summed E-state index contributed by atoms with van der Waals surface area (Å²) in [5.41, 5.74) is 3.37. The van der Waals surface area contributed by atoms with E-state index in [1.807, 2.05) is 0 Å². The number of hydrogen-bond acceptors (Lipinski definition) is 3. The third-order valence-corrected chi connectivity index (χ3v) is 4.06. The number of benzene rings is 1. The average molecular weight is 301 g/mol. The molecule has 1 aliphatic heterocycles. The molecule has 2 atom stereocenters. The van der Waals surface area contributed by atoms with Crippen molar-refractivity contribution in [1.82, 2.24) is 5.43 Å². The maximum Gasteiger partial charge on any atom is 0.126 e. The molecule has 3 N–H and O–H groups in total. The lowest BCUT2D eigenvalue weighted by atomic mass is 9.97. The summed E-state index contributed by atoms with van der Waals surface area (Å²) in [4.78, 5) is 0. The molecule has 0 aromatic heterocycles. The molecule has 3 nitrogen and oxygen atoms in total. The lowest BCUT2D eigenvalue weighted by molar-refractivity contribution is 0.00857. The molecule has 20 heavy (non-hydrogen) atoms. The molecule has 0 aliphatic carbocycles. The van der Waals surface area contributed by atoms with E-state index in [9.17, 15) is 4.39 Å². The number of rotatable bonds is 6. The van der Waals surface area contributed by atoms with Crippen LogP contribution >= 0.6 is 11.6 Å².